The normalized spacial score (nSPS) is 12.7. The van der Waals surface area contributed by atoms with Crippen LogP contribution in [-0.4, -0.2) is 31.4 Å². The van der Waals surface area contributed by atoms with Gasteiger partial charge >= 0.3 is 0 Å². The first-order chi connectivity index (χ1) is 10.2. The third-order valence-electron chi connectivity index (χ3n) is 3.22. The molecule has 0 bridgehead atoms. The van der Waals surface area contributed by atoms with Gasteiger partial charge in [0.05, 0.1) is 12.3 Å². The Labute approximate surface area is 125 Å². The summed E-state index contributed by atoms with van der Waals surface area (Å²) in [6.07, 6.45) is 4.72. The molecule has 0 unspecified atom stereocenters. The van der Waals surface area contributed by atoms with Crippen LogP contribution in [0, 0.1) is 0 Å². The van der Waals surface area contributed by atoms with Crippen LogP contribution in [-0.2, 0) is 4.79 Å². The molecule has 0 radical (unpaired) electrons. The van der Waals surface area contributed by atoms with Crippen molar-refractivity contribution < 1.29 is 9.21 Å². The minimum absolute atomic E-state index is 0.130. The van der Waals surface area contributed by atoms with Crippen LogP contribution in [0.15, 0.2) is 59.2 Å². The number of benzene rings is 1. The number of hydrogen-bond donors (Lipinski definition) is 1. The largest absolute Gasteiger partial charge is 0.465 e. The second-order valence-electron chi connectivity index (χ2n) is 4.98. The van der Waals surface area contributed by atoms with E-state index in [2.05, 4.69) is 22.3 Å². The van der Waals surface area contributed by atoms with Gasteiger partial charge in [0.2, 0.25) is 5.91 Å². The minimum atomic E-state index is -0.130. The van der Waals surface area contributed by atoms with Crippen LogP contribution in [0.2, 0.25) is 0 Å². The predicted molar refractivity (Wildman–Crippen MR) is 83.6 cm³/mol. The number of hydrogen-bond acceptors (Lipinski definition) is 3. The van der Waals surface area contributed by atoms with Gasteiger partial charge in [-0.05, 0) is 37.9 Å². The SMILES string of the molecule is CN(C)[C@H](CNC(=O)/C=C\c1ccco1)c1ccccc1. The van der Waals surface area contributed by atoms with Crippen LogP contribution in [0.5, 0.6) is 0 Å². The Hall–Kier alpha value is -2.33. The monoisotopic (exact) mass is 284 g/mol. The van der Waals surface area contributed by atoms with Gasteiger partial charge in [-0.1, -0.05) is 30.3 Å². The highest BCUT2D eigenvalue weighted by molar-refractivity contribution is 5.91. The molecule has 1 N–H and O–H groups in total. The molecule has 0 aliphatic heterocycles. The van der Waals surface area contributed by atoms with Gasteiger partial charge in [-0.15, -0.1) is 0 Å². The molecule has 0 saturated heterocycles. The molecule has 1 atom stereocenters. The van der Waals surface area contributed by atoms with E-state index in [9.17, 15) is 4.79 Å². The number of furan rings is 1. The second kappa shape index (κ2) is 7.45. The predicted octanol–water partition coefficient (Wildman–Crippen LogP) is 2.71. The zero-order chi connectivity index (χ0) is 15.1. The topological polar surface area (TPSA) is 45.5 Å². The van der Waals surface area contributed by atoms with Gasteiger partial charge in [0.15, 0.2) is 0 Å². The number of nitrogens with one attached hydrogen (secondary N) is 1. The molecule has 1 heterocycles. The Bertz CT molecular complexity index is 574. The lowest BCUT2D eigenvalue weighted by Gasteiger charge is -2.24. The van der Waals surface area contributed by atoms with Gasteiger partial charge in [-0.25, -0.2) is 0 Å². The number of rotatable bonds is 6. The fraction of sp³-hybridized carbons (Fsp3) is 0.235. The van der Waals surface area contributed by atoms with E-state index in [1.54, 1.807) is 24.5 Å². The maximum Gasteiger partial charge on any atom is 0.244 e. The van der Waals surface area contributed by atoms with Gasteiger partial charge in [0, 0.05) is 12.6 Å². The van der Waals surface area contributed by atoms with Crippen LogP contribution in [0.3, 0.4) is 0 Å². The Morgan fingerprint density at radius 1 is 1.24 bits per heavy atom. The summed E-state index contributed by atoms with van der Waals surface area (Å²) in [7, 11) is 4.00. The maximum absolute atomic E-state index is 11.8. The van der Waals surface area contributed by atoms with E-state index in [0.717, 1.165) is 0 Å². The van der Waals surface area contributed by atoms with Crippen LogP contribution < -0.4 is 5.32 Å². The van der Waals surface area contributed by atoms with Crippen molar-refractivity contribution in [3.8, 4) is 0 Å². The first-order valence-electron chi connectivity index (χ1n) is 6.87. The quantitative estimate of drug-likeness (QED) is 0.830. The molecular formula is C17H20N2O2. The van der Waals surface area contributed by atoms with E-state index in [0.29, 0.717) is 12.3 Å². The van der Waals surface area contributed by atoms with E-state index in [-0.39, 0.29) is 11.9 Å². The first-order valence-corrected chi connectivity index (χ1v) is 6.87. The second-order valence-corrected chi connectivity index (χ2v) is 4.98. The molecule has 0 spiro atoms. The summed E-state index contributed by atoms with van der Waals surface area (Å²) >= 11 is 0. The lowest BCUT2D eigenvalue weighted by Crippen LogP contribution is -2.33. The lowest BCUT2D eigenvalue weighted by atomic mass is 10.1. The van der Waals surface area contributed by atoms with Gasteiger partial charge in [0.25, 0.3) is 0 Å². The Morgan fingerprint density at radius 3 is 2.62 bits per heavy atom. The average Bonchev–Trinajstić information content (AvgIpc) is 2.99. The molecule has 110 valence electrons. The number of carbonyl (C=O) groups excluding carboxylic acids is 1. The van der Waals surface area contributed by atoms with Gasteiger partial charge in [0.1, 0.15) is 5.76 Å². The highest BCUT2D eigenvalue weighted by atomic mass is 16.3. The number of nitrogens with zero attached hydrogens (tertiary/aromatic N) is 1. The van der Waals surface area contributed by atoms with Crippen molar-refractivity contribution in [2.24, 2.45) is 0 Å². The number of likely N-dealkylation sites (N-methyl/N-ethyl adjacent to an activating group) is 1. The molecule has 4 heteroatoms. The van der Waals surface area contributed by atoms with Crippen molar-refractivity contribution in [1.82, 2.24) is 10.2 Å². The Kier molecular flexibility index (Phi) is 5.35. The van der Waals surface area contributed by atoms with Crippen LogP contribution in [0.25, 0.3) is 6.08 Å². The highest BCUT2D eigenvalue weighted by Gasteiger charge is 2.14. The minimum Gasteiger partial charge on any atom is -0.465 e. The zero-order valence-corrected chi connectivity index (χ0v) is 12.3. The van der Waals surface area contributed by atoms with Crippen molar-refractivity contribution in [1.29, 1.82) is 0 Å². The summed E-state index contributed by atoms with van der Waals surface area (Å²) in [5.41, 5.74) is 1.18. The average molecular weight is 284 g/mol. The molecule has 21 heavy (non-hydrogen) atoms. The van der Waals surface area contributed by atoms with E-state index in [1.165, 1.54) is 11.6 Å². The molecule has 1 amide bonds. The van der Waals surface area contributed by atoms with Crippen LogP contribution >= 0.6 is 0 Å². The third-order valence-corrected chi connectivity index (χ3v) is 3.22. The Balaban J connectivity index is 1.92. The smallest absolute Gasteiger partial charge is 0.244 e. The summed E-state index contributed by atoms with van der Waals surface area (Å²) in [4.78, 5) is 13.9. The van der Waals surface area contributed by atoms with E-state index >= 15 is 0 Å². The molecule has 0 aliphatic rings. The van der Waals surface area contributed by atoms with Crippen molar-refractivity contribution >= 4 is 12.0 Å². The first kappa shape index (κ1) is 15.1. The van der Waals surface area contributed by atoms with Crippen molar-refractivity contribution in [2.45, 2.75) is 6.04 Å². The van der Waals surface area contributed by atoms with Gasteiger partial charge < -0.3 is 14.6 Å². The summed E-state index contributed by atoms with van der Waals surface area (Å²) < 4.78 is 5.14. The molecule has 1 aromatic carbocycles. The molecule has 1 aromatic heterocycles. The van der Waals surface area contributed by atoms with Crippen molar-refractivity contribution in [3.63, 3.8) is 0 Å². The third kappa shape index (κ3) is 4.61. The molecule has 4 nitrogen and oxygen atoms in total. The summed E-state index contributed by atoms with van der Waals surface area (Å²) in [5, 5.41) is 2.92. The van der Waals surface area contributed by atoms with E-state index < -0.39 is 0 Å². The fourth-order valence-corrected chi connectivity index (χ4v) is 2.07. The maximum atomic E-state index is 11.8. The lowest BCUT2D eigenvalue weighted by molar-refractivity contribution is -0.116. The summed E-state index contributed by atoms with van der Waals surface area (Å²) in [6.45, 7) is 0.554. The van der Waals surface area contributed by atoms with Gasteiger partial charge in [-0.2, -0.15) is 0 Å². The van der Waals surface area contributed by atoms with E-state index in [4.69, 9.17) is 4.42 Å². The standard InChI is InChI=1S/C17H20N2O2/c1-19(2)16(14-7-4-3-5-8-14)13-18-17(20)11-10-15-9-6-12-21-15/h3-12,16H,13H2,1-2H3,(H,18,20)/b11-10-/t16-/m1/s1. The molecule has 2 aromatic rings. The van der Waals surface area contributed by atoms with Crippen LogP contribution in [0.4, 0.5) is 0 Å². The van der Waals surface area contributed by atoms with Crippen LogP contribution in [0.1, 0.15) is 17.4 Å². The van der Waals surface area contributed by atoms with Crippen molar-refractivity contribution in [2.75, 3.05) is 20.6 Å². The van der Waals surface area contributed by atoms with Crippen molar-refractivity contribution in [3.05, 3.63) is 66.1 Å². The molecule has 0 saturated carbocycles. The number of carbonyl (C=O) groups is 1. The van der Waals surface area contributed by atoms with E-state index in [1.807, 2.05) is 32.3 Å². The molecular weight excluding hydrogens is 264 g/mol. The summed E-state index contributed by atoms with van der Waals surface area (Å²) in [5.74, 6) is 0.534. The molecule has 2 rings (SSSR count). The zero-order valence-electron chi connectivity index (χ0n) is 12.3. The number of amides is 1. The van der Waals surface area contributed by atoms with Gasteiger partial charge in [-0.3, -0.25) is 4.79 Å². The summed E-state index contributed by atoms with van der Waals surface area (Å²) in [6, 6.07) is 13.9. The molecule has 0 fully saturated rings. The fourth-order valence-electron chi connectivity index (χ4n) is 2.07. The molecule has 0 aliphatic carbocycles. The highest BCUT2D eigenvalue weighted by Crippen LogP contribution is 2.16. The Morgan fingerprint density at radius 2 is 2.00 bits per heavy atom.